The number of likely N-dealkylation sites (tertiary alicyclic amines) is 1. The Morgan fingerprint density at radius 3 is 3.19 bits per heavy atom. The van der Waals surface area contributed by atoms with Gasteiger partial charge < -0.3 is 14.3 Å². The molecule has 0 aliphatic carbocycles. The Balaban J connectivity index is 1.55. The molecule has 0 spiro atoms. The Bertz CT molecular complexity index is 776. The molecular weight excluding hydrogens is 266 g/mol. The van der Waals surface area contributed by atoms with Crippen LogP contribution in [0.4, 0.5) is 0 Å². The second-order valence-corrected chi connectivity index (χ2v) is 5.39. The Kier molecular flexibility index (Phi) is 2.77. The van der Waals surface area contributed by atoms with Crippen molar-refractivity contribution < 1.29 is 9.21 Å². The molecule has 0 bridgehead atoms. The van der Waals surface area contributed by atoms with Gasteiger partial charge in [-0.2, -0.15) is 0 Å². The first kappa shape index (κ1) is 12.2. The van der Waals surface area contributed by atoms with Crippen LogP contribution in [0.1, 0.15) is 28.5 Å². The number of H-pyrrole nitrogens is 1. The highest BCUT2D eigenvalue weighted by atomic mass is 16.3. The number of rotatable bonds is 2. The van der Waals surface area contributed by atoms with E-state index in [0.717, 1.165) is 29.8 Å². The summed E-state index contributed by atoms with van der Waals surface area (Å²) in [4.78, 5) is 21.7. The van der Waals surface area contributed by atoms with Crippen LogP contribution in [0.25, 0.3) is 11.0 Å². The van der Waals surface area contributed by atoms with E-state index in [2.05, 4.69) is 9.97 Å². The molecule has 3 aromatic rings. The van der Waals surface area contributed by atoms with Crippen LogP contribution in [0.2, 0.25) is 0 Å². The van der Waals surface area contributed by atoms with E-state index in [0.29, 0.717) is 18.0 Å². The molecule has 5 heteroatoms. The van der Waals surface area contributed by atoms with Gasteiger partial charge in [0.15, 0.2) is 0 Å². The van der Waals surface area contributed by atoms with Crippen molar-refractivity contribution in [1.29, 1.82) is 0 Å². The summed E-state index contributed by atoms with van der Waals surface area (Å²) >= 11 is 0. The van der Waals surface area contributed by atoms with Crippen molar-refractivity contribution in [3.63, 3.8) is 0 Å². The number of benzene rings is 1. The zero-order valence-corrected chi connectivity index (χ0v) is 11.5. The molecule has 1 unspecified atom stereocenters. The van der Waals surface area contributed by atoms with Gasteiger partial charge in [-0.3, -0.25) is 4.79 Å². The lowest BCUT2D eigenvalue weighted by Gasteiger charge is -2.16. The number of amides is 1. The van der Waals surface area contributed by atoms with Crippen molar-refractivity contribution in [2.24, 2.45) is 0 Å². The van der Waals surface area contributed by atoms with Crippen LogP contribution in [-0.4, -0.2) is 33.9 Å². The minimum atomic E-state index is 0.0700. The van der Waals surface area contributed by atoms with E-state index in [1.54, 1.807) is 12.6 Å². The fourth-order valence-electron chi connectivity index (χ4n) is 2.95. The molecule has 1 atom stereocenters. The van der Waals surface area contributed by atoms with Gasteiger partial charge in [0, 0.05) is 24.6 Å². The molecule has 21 heavy (non-hydrogen) atoms. The molecular formula is C16H15N3O2. The van der Waals surface area contributed by atoms with E-state index < -0.39 is 0 Å². The van der Waals surface area contributed by atoms with Gasteiger partial charge >= 0.3 is 0 Å². The lowest BCUT2D eigenvalue weighted by Crippen LogP contribution is -2.28. The fraction of sp³-hybridized carbons (Fsp3) is 0.250. The predicted molar refractivity (Wildman–Crippen MR) is 78.1 cm³/mol. The van der Waals surface area contributed by atoms with Crippen molar-refractivity contribution in [3.8, 4) is 0 Å². The van der Waals surface area contributed by atoms with Gasteiger partial charge in [0.05, 0.1) is 23.6 Å². The van der Waals surface area contributed by atoms with E-state index in [1.807, 2.05) is 35.2 Å². The number of nitrogens with zero attached hydrogens (tertiary/aromatic N) is 2. The van der Waals surface area contributed by atoms with E-state index >= 15 is 0 Å². The van der Waals surface area contributed by atoms with Crippen LogP contribution in [0, 0.1) is 0 Å². The number of aromatic amines is 1. The topological polar surface area (TPSA) is 62.1 Å². The van der Waals surface area contributed by atoms with Crippen molar-refractivity contribution >= 4 is 16.9 Å². The highest BCUT2D eigenvalue weighted by Gasteiger charge is 2.29. The van der Waals surface area contributed by atoms with Crippen molar-refractivity contribution in [2.45, 2.75) is 12.3 Å². The molecule has 1 aromatic carbocycles. The number of hydrogen-bond acceptors (Lipinski definition) is 3. The van der Waals surface area contributed by atoms with E-state index in [-0.39, 0.29) is 5.91 Å². The summed E-state index contributed by atoms with van der Waals surface area (Å²) in [5.74, 6) is 1.34. The van der Waals surface area contributed by atoms with Crippen LogP contribution in [-0.2, 0) is 0 Å². The van der Waals surface area contributed by atoms with Crippen molar-refractivity contribution in [3.05, 3.63) is 54.2 Å². The van der Waals surface area contributed by atoms with E-state index in [1.165, 1.54) is 0 Å². The van der Waals surface area contributed by atoms with Crippen LogP contribution < -0.4 is 0 Å². The Morgan fingerprint density at radius 1 is 1.38 bits per heavy atom. The second-order valence-electron chi connectivity index (χ2n) is 5.39. The summed E-state index contributed by atoms with van der Waals surface area (Å²) < 4.78 is 5.45. The van der Waals surface area contributed by atoms with Gasteiger partial charge in [-0.15, -0.1) is 0 Å². The van der Waals surface area contributed by atoms with Gasteiger partial charge in [0.2, 0.25) is 0 Å². The average Bonchev–Trinajstić information content (AvgIpc) is 3.24. The molecule has 1 N–H and O–H groups in total. The number of aromatic nitrogens is 2. The third kappa shape index (κ3) is 2.11. The standard InChI is InChI=1S/C16H15N3O2/c20-16(11-3-4-13-14(8-11)18-10-17-13)19-6-5-12(9-19)15-2-1-7-21-15/h1-4,7-8,10,12H,5-6,9H2,(H,17,18). The highest BCUT2D eigenvalue weighted by molar-refractivity contribution is 5.97. The summed E-state index contributed by atoms with van der Waals surface area (Å²) in [6, 6.07) is 9.46. The number of hydrogen-bond donors (Lipinski definition) is 1. The average molecular weight is 281 g/mol. The zero-order chi connectivity index (χ0) is 14.2. The Morgan fingerprint density at radius 2 is 2.33 bits per heavy atom. The molecule has 106 valence electrons. The maximum absolute atomic E-state index is 12.6. The smallest absolute Gasteiger partial charge is 0.253 e. The molecule has 1 amide bonds. The van der Waals surface area contributed by atoms with Gasteiger partial charge in [-0.1, -0.05) is 0 Å². The third-order valence-electron chi connectivity index (χ3n) is 4.09. The van der Waals surface area contributed by atoms with Gasteiger partial charge in [0.25, 0.3) is 5.91 Å². The first-order valence-electron chi connectivity index (χ1n) is 7.07. The largest absolute Gasteiger partial charge is 0.469 e. The quantitative estimate of drug-likeness (QED) is 0.785. The van der Waals surface area contributed by atoms with Crippen LogP contribution in [0.3, 0.4) is 0 Å². The Hall–Kier alpha value is -2.56. The molecule has 4 rings (SSSR count). The number of carbonyl (C=O) groups is 1. The minimum absolute atomic E-state index is 0.0700. The summed E-state index contributed by atoms with van der Waals surface area (Å²) in [5.41, 5.74) is 2.47. The SMILES string of the molecule is O=C(c1ccc2nc[nH]c2c1)N1CCC(c2ccco2)C1. The maximum atomic E-state index is 12.6. The Labute approximate surface area is 121 Å². The first-order valence-corrected chi connectivity index (χ1v) is 7.07. The van der Waals surface area contributed by atoms with Gasteiger partial charge in [-0.05, 0) is 36.8 Å². The molecule has 2 aromatic heterocycles. The molecule has 0 radical (unpaired) electrons. The summed E-state index contributed by atoms with van der Waals surface area (Å²) in [7, 11) is 0. The first-order chi connectivity index (χ1) is 10.3. The number of nitrogens with one attached hydrogen (secondary N) is 1. The van der Waals surface area contributed by atoms with Crippen molar-refractivity contribution in [2.75, 3.05) is 13.1 Å². The second kappa shape index (κ2) is 4.77. The third-order valence-corrected chi connectivity index (χ3v) is 4.09. The minimum Gasteiger partial charge on any atom is -0.469 e. The molecule has 1 aliphatic rings. The molecule has 0 saturated carbocycles. The lowest BCUT2D eigenvalue weighted by molar-refractivity contribution is 0.0790. The number of imidazole rings is 1. The molecule has 5 nitrogen and oxygen atoms in total. The zero-order valence-electron chi connectivity index (χ0n) is 11.5. The van der Waals surface area contributed by atoms with Gasteiger partial charge in [0.1, 0.15) is 5.76 Å². The normalized spacial score (nSPS) is 18.5. The van der Waals surface area contributed by atoms with Crippen LogP contribution in [0.5, 0.6) is 0 Å². The molecule has 3 heterocycles. The van der Waals surface area contributed by atoms with E-state index in [9.17, 15) is 4.79 Å². The number of carbonyl (C=O) groups excluding carboxylic acids is 1. The summed E-state index contributed by atoms with van der Waals surface area (Å²) in [6.07, 6.45) is 4.28. The maximum Gasteiger partial charge on any atom is 0.253 e. The number of furan rings is 1. The van der Waals surface area contributed by atoms with Gasteiger partial charge in [-0.25, -0.2) is 4.98 Å². The summed E-state index contributed by atoms with van der Waals surface area (Å²) in [6.45, 7) is 1.48. The molecule has 1 saturated heterocycles. The van der Waals surface area contributed by atoms with Crippen LogP contribution >= 0.6 is 0 Å². The molecule has 1 aliphatic heterocycles. The summed E-state index contributed by atoms with van der Waals surface area (Å²) in [5, 5.41) is 0. The number of fused-ring (bicyclic) bond motifs is 1. The van der Waals surface area contributed by atoms with Crippen molar-refractivity contribution in [1.82, 2.24) is 14.9 Å². The van der Waals surface area contributed by atoms with Crippen LogP contribution in [0.15, 0.2) is 47.3 Å². The fourth-order valence-corrected chi connectivity index (χ4v) is 2.95. The highest BCUT2D eigenvalue weighted by Crippen LogP contribution is 2.28. The lowest BCUT2D eigenvalue weighted by atomic mass is 10.1. The predicted octanol–water partition coefficient (Wildman–Crippen LogP) is 2.79. The monoisotopic (exact) mass is 281 g/mol. The molecule has 1 fully saturated rings. The van der Waals surface area contributed by atoms with E-state index in [4.69, 9.17) is 4.42 Å².